The Morgan fingerprint density at radius 3 is 2.64 bits per heavy atom. The van der Waals surface area contributed by atoms with Crippen molar-refractivity contribution in [2.45, 2.75) is 31.7 Å². The largest absolute Gasteiger partial charge is 0.481 e. The van der Waals surface area contributed by atoms with E-state index in [0.29, 0.717) is 19.4 Å². The minimum absolute atomic E-state index is 0.0359. The molecule has 0 heterocycles. The number of nitrogens with one attached hydrogen (secondary N) is 1. The molecule has 0 aliphatic heterocycles. The van der Waals surface area contributed by atoms with Gasteiger partial charge in [-0.3, -0.25) is 4.79 Å². The first-order valence-corrected chi connectivity index (χ1v) is 7.41. The lowest BCUT2D eigenvalue weighted by Gasteiger charge is -2.23. The van der Waals surface area contributed by atoms with Gasteiger partial charge in [0.15, 0.2) is 0 Å². The van der Waals surface area contributed by atoms with Gasteiger partial charge in [0.05, 0.1) is 0 Å². The molecule has 0 bridgehead atoms. The Kier molecular flexibility index (Phi) is 7.75. The van der Waals surface area contributed by atoms with Crippen molar-refractivity contribution in [3.63, 3.8) is 0 Å². The molecule has 5 nitrogen and oxygen atoms in total. The van der Waals surface area contributed by atoms with Crippen LogP contribution < -0.4 is 5.32 Å². The van der Waals surface area contributed by atoms with Gasteiger partial charge in [0.1, 0.15) is 0 Å². The number of carboxylic acid groups (broad SMARTS) is 1. The quantitative estimate of drug-likeness (QED) is 0.689. The van der Waals surface area contributed by atoms with Crippen molar-refractivity contribution in [3.05, 3.63) is 48.6 Å². The molecule has 0 radical (unpaired) electrons. The molecular formula is C17H24N2O3. The molecule has 120 valence electrons. The van der Waals surface area contributed by atoms with E-state index in [4.69, 9.17) is 5.11 Å². The number of amides is 2. The fourth-order valence-electron chi connectivity index (χ4n) is 2.09. The molecule has 0 aromatic heterocycles. The van der Waals surface area contributed by atoms with E-state index in [1.54, 1.807) is 18.0 Å². The van der Waals surface area contributed by atoms with Crippen molar-refractivity contribution >= 4 is 12.0 Å². The Balaban J connectivity index is 2.62. The van der Waals surface area contributed by atoms with Crippen LogP contribution in [0.5, 0.6) is 0 Å². The average molecular weight is 304 g/mol. The third kappa shape index (κ3) is 6.92. The molecule has 0 aliphatic carbocycles. The summed E-state index contributed by atoms with van der Waals surface area (Å²) in [6, 6.07) is 9.36. The van der Waals surface area contributed by atoms with Gasteiger partial charge < -0.3 is 15.3 Å². The van der Waals surface area contributed by atoms with Gasteiger partial charge in [0.25, 0.3) is 0 Å². The minimum Gasteiger partial charge on any atom is -0.481 e. The van der Waals surface area contributed by atoms with E-state index < -0.39 is 5.97 Å². The van der Waals surface area contributed by atoms with Crippen LogP contribution in [-0.2, 0) is 11.2 Å². The smallest absolute Gasteiger partial charge is 0.317 e. The van der Waals surface area contributed by atoms with Crippen molar-refractivity contribution < 1.29 is 14.7 Å². The highest BCUT2D eigenvalue weighted by Crippen LogP contribution is 2.08. The Hall–Kier alpha value is -2.30. The van der Waals surface area contributed by atoms with Crippen LogP contribution in [0.25, 0.3) is 0 Å². The second-order valence-corrected chi connectivity index (χ2v) is 5.27. The van der Waals surface area contributed by atoms with Crippen molar-refractivity contribution in [1.29, 1.82) is 0 Å². The van der Waals surface area contributed by atoms with E-state index in [-0.39, 0.29) is 18.5 Å². The van der Waals surface area contributed by atoms with Gasteiger partial charge >= 0.3 is 12.0 Å². The van der Waals surface area contributed by atoms with E-state index >= 15 is 0 Å². The Labute approximate surface area is 131 Å². The van der Waals surface area contributed by atoms with Crippen molar-refractivity contribution in [3.8, 4) is 0 Å². The summed E-state index contributed by atoms with van der Waals surface area (Å²) < 4.78 is 0. The van der Waals surface area contributed by atoms with Crippen LogP contribution >= 0.6 is 0 Å². The summed E-state index contributed by atoms with van der Waals surface area (Å²) in [6.07, 6.45) is 3.55. The lowest BCUT2D eigenvalue weighted by atomic mass is 10.0. The molecule has 1 atom stereocenters. The van der Waals surface area contributed by atoms with Crippen molar-refractivity contribution in [2.75, 3.05) is 13.6 Å². The van der Waals surface area contributed by atoms with Gasteiger partial charge in [-0.05, 0) is 24.8 Å². The molecule has 1 aromatic rings. The molecule has 0 spiro atoms. The lowest BCUT2D eigenvalue weighted by Crippen LogP contribution is -2.44. The summed E-state index contributed by atoms with van der Waals surface area (Å²) in [5.74, 6) is -0.854. The topological polar surface area (TPSA) is 69.6 Å². The molecule has 2 N–H and O–H groups in total. The first kappa shape index (κ1) is 17.8. The van der Waals surface area contributed by atoms with E-state index in [0.717, 1.165) is 12.0 Å². The van der Waals surface area contributed by atoms with E-state index in [9.17, 15) is 9.59 Å². The highest BCUT2D eigenvalue weighted by molar-refractivity contribution is 5.74. The predicted octanol–water partition coefficient (Wildman–Crippen LogP) is 2.68. The zero-order chi connectivity index (χ0) is 16.4. The molecule has 1 aromatic carbocycles. The van der Waals surface area contributed by atoms with Gasteiger partial charge in [-0.1, -0.05) is 36.4 Å². The first-order chi connectivity index (χ1) is 10.5. The van der Waals surface area contributed by atoms with Crippen LogP contribution in [0.15, 0.2) is 43.0 Å². The molecule has 1 unspecified atom stereocenters. The summed E-state index contributed by atoms with van der Waals surface area (Å²) in [6.45, 7) is 4.22. The monoisotopic (exact) mass is 304 g/mol. The van der Waals surface area contributed by atoms with Gasteiger partial charge in [0, 0.05) is 26.1 Å². The zero-order valence-corrected chi connectivity index (χ0v) is 13.0. The summed E-state index contributed by atoms with van der Waals surface area (Å²) >= 11 is 0. The Morgan fingerprint density at radius 1 is 1.36 bits per heavy atom. The van der Waals surface area contributed by atoms with Crippen molar-refractivity contribution in [2.24, 2.45) is 0 Å². The third-order valence-corrected chi connectivity index (χ3v) is 3.37. The second-order valence-electron chi connectivity index (χ2n) is 5.27. The fraction of sp³-hybridized carbons (Fsp3) is 0.412. The number of carboxylic acids is 1. The maximum absolute atomic E-state index is 12.1. The summed E-state index contributed by atoms with van der Waals surface area (Å²) in [4.78, 5) is 24.5. The summed E-state index contributed by atoms with van der Waals surface area (Å²) in [5, 5.41) is 11.8. The lowest BCUT2D eigenvalue weighted by molar-refractivity contribution is -0.137. The highest BCUT2D eigenvalue weighted by atomic mass is 16.4. The SMILES string of the molecule is C=CCCN(C)C(=O)NC(CCC(=O)O)Cc1ccccc1. The molecule has 2 amide bonds. The first-order valence-electron chi connectivity index (χ1n) is 7.41. The standard InChI is InChI=1S/C17H24N2O3/c1-3-4-12-19(2)17(22)18-15(10-11-16(20)21)13-14-8-6-5-7-9-14/h3,5-9,15H,1,4,10-13H2,2H3,(H,18,22)(H,20,21). The van der Waals surface area contributed by atoms with Crippen LogP contribution in [0.4, 0.5) is 4.79 Å². The number of benzene rings is 1. The molecule has 0 saturated carbocycles. The number of nitrogens with zero attached hydrogens (tertiary/aromatic N) is 1. The van der Waals surface area contributed by atoms with Crippen LogP contribution in [0.3, 0.4) is 0 Å². The Bertz CT molecular complexity index is 488. The molecule has 0 fully saturated rings. The normalized spacial score (nSPS) is 11.5. The maximum Gasteiger partial charge on any atom is 0.317 e. The third-order valence-electron chi connectivity index (χ3n) is 3.37. The average Bonchev–Trinajstić information content (AvgIpc) is 2.51. The fourth-order valence-corrected chi connectivity index (χ4v) is 2.09. The van der Waals surface area contributed by atoms with E-state index in [1.807, 2.05) is 30.3 Å². The Morgan fingerprint density at radius 2 is 2.05 bits per heavy atom. The van der Waals surface area contributed by atoms with Gasteiger partial charge in [-0.25, -0.2) is 4.79 Å². The highest BCUT2D eigenvalue weighted by Gasteiger charge is 2.16. The van der Waals surface area contributed by atoms with Gasteiger partial charge in [0.2, 0.25) is 0 Å². The van der Waals surface area contributed by atoms with Crippen LogP contribution in [0.1, 0.15) is 24.8 Å². The van der Waals surface area contributed by atoms with Crippen LogP contribution in [-0.4, -0.2) is 41.6 Å². The summed E-state index contributed by atoms with van der Waals surface area (Å²) in [5.41, 5.74) is 1.08. The maximum atomic E-state index is 12.1. The molecule has 5 heteroatoms. The molecule has 0 aliphatic rings. The molecule has 0 saturated heterocycles. The van der Waals surface area contributed by atoms with Gasteiger partial charge in [-0.2, -0.15) is 0 Å². The number of carbonyl (C=O) groups excluding carboxylic acids is 1. The number of hydrogen-bond acceptors (Lipinski definition) is 2. The number of rotatable bonds is 9. The van der Waals surface area contributed by atoms with Crippen molar-refractivity contribution in [1.82, 2.24) is 10.2 Å². The minimum atomic E-state index is -0.854. The molecular weight excluding hydrogens is 280 g/mol. The molecule has 1 rings (SSSR count). The molecule has 22 heavy (non-hydrogen) atoms. The van der Waals surface area contributed by atoms with E-state index in [2.05, 4.69) is 11.9 Å². The van der Waals surface area contributed by atoms with Crippen LogP contribution in [0, 0.1) is 0 Å². The number of hydrogen-bond donors (Lipinski definition) is 2. The number of urea groups is 1. The summed E-state index contributed by atoms with van der Waals surface area (Å²) in [7, 11) is 1.72. The van der Waals surface area contributed by atoms with E-state index in [1.165, 1.54) is 0 Å². The number of carbonyl (C=O) groups is 2. The predicted molar refractivity (Wildman–Crippen MR) is 86.8 cm³/mol. The second kappa shape index (κ2) is 9.60. The zero-order valence-electron chi connectivity index (χ0n) is 13.0. The van der Waals surface area contributed by atoms with Crippen LogP contribution in [0.2, 0.25) is 0 Å². The van der Waals surface area contributed by atoms with Gasteiger partial charge in [-0.15, -0.1) is 6.58 Å². The number of aliphatic carboxylic acids is 1.